The van der Waals surface area contributed by atoms with Gasteiger partial charge in [0.2, 0.25) is 0 Å². The van der Waals surface area contributed by atoms with Gasteiger partial charge in [-0.3, -0.25) is 0 Å². The van der Waals surface area contributed by atoms with Crippen molar-refractivity contribution in [1.82, 2.24) is 0 Å². The molecule has 0 heterocycles. The van der Waals surface area contributed by atoms with Crippen LogP contribution in [0, 0.1) is 5.41 Å². The monoisotopic (exact) mass is 168 g/mol. The summed E-state index contributed by atoms with van der Waals surface area (Å²) in [6.07, 6.45) is 7.43. The van der Waals surface area contributed by atoms with E-state index in [0.717, 1.165) is 12.8 Å². The molecule has 0 bridgehead atoms. The van der Waals surface area contributed by atoms with Crippen molar-refractivity contribution in [2.75, 3.05) is 0 Å². The molecule has 0 aromatic carbocycles. The minimum Gasteiger partial charge on any atom is -0.393 e. The van der Waals surface area contributed by atoms with Crippen molar-refractivity contribution in [1.29, 1.82) is 0 Å². The standard InChI is InChI=1S/C11H20O/c1-5-8-11(7-3,9-6-2)10(4)12/h5-6,9-10,12H,1,7-8H2,2-4H3/b9-6+. The lowest BCUT2D eigenvalue weighted by Crippen LogP contribution is -2.29. The van der Waals surface area contributed by atoms with Crippen LogP contribution in [0.25, 0.3) is 0 Å². The van der Waals surface area contributed by atoms with Crippen LogP contribution in [0.15, 0.2) is 24.8 Å². The molecule has 0 aliphatic carbocycles. The van der Waals surface area contributed by atoms with E-state index in [0.29, 0.717) is 0 Å². The second-order valence-electron chi connectivity index (χ2n) is 3.26. The molecule has 0 rings (SSSR count). The zero-order chi connectivity index (χ0) is 9.61. The third kappa shape index (κ3) is 2.49. The first-order chi connectivity index (χ1) is 5.63. The van der Waals surface area contributed by atoms with Gasteiger partial charge in [-0.1, -0.05) is 25.2 Å². The molecule has 0 fully saturated rings. The fourth-order valence-corrected chi connectivity index (χ4v) is 1.54. The molecule has 1 nitrogen and oxygen atoms in total. The van der Waals surface area contributed by atoms with Gasteiger partial charge >= 0.3 is 0 Å². The van der Waals surface area contributed by atoms with Gasteiger partial charge in [0.25, 0.3) is 0 Å². The molecule has 1 N–H and O–H groups in total. The van der Waals surface area contributed by atoms with Crippen molar-refractivity contribution in [3.05, 3.63) is 24.8 Å². The van der Waals surface area contributed by atoms with Crippen LogP contribution in [0.4, 0.5) is 0 Å². The van der Waals surface area contributed by atoms with Crippen LogP contribution in [-0.2, 0) is 0 Å². The van der Waals surface area contributed by atoms with Crippen molar-refractivity contribution in [2.45, 2.75) is 39.7 Å². The quantitative estimate of drug-likeness (QED) is 0.626. The summed E-state index contributed by atoms with van der Waals surface area (Å²) >= 11 is 0. The first-order valence-corrected chi connectivity index (χ1v) is 4.55. The lowest BCUT2D eigenvalue weighted by Gasteiger charge is -2.31. The zero-order valence-electron chi connectivity index (χ0n) is 8.38. The van der Waals surface area contributed by atoms with Crippen molar-refractivity contribution in [2.24, 2.45) is 5.41 Å². The maximum atomic E-state index is 9.63. The average molecular weight is 168 g/mol. The van der Waals surface area contributed by atoms with Crippen LogP contribution in [0.3, 0.4) is 0 Å². The van der Waals surface area contributed by atoms with Gasteiger partial charge < -0.3 is 5.11 Å². The number of rotatable bonds is 5. The topological polar surface area (TPSA) is 20.2 Å². The summed E-state index contributed by atoms with van der Waals surface area (Å²) in [7, 11) is 0. The molecule has 0 aliphatic rings. The highest BCUT2D eigenvalue weighted by Gasteiger charge is 2.28. The van der Waals surface area contributed by atoms with Crippen molar-refractivity contribution in [3.8, 4) is 0 Å². The van der Waals surface area contributed by atoms with Crippen LogP contribution < -0.4 is 0 Å². The molecule has 2 atom stereocenters. The van der Waals surface area contributed by atoms with E-state index in [9.17, 15) is 5.11 Å². The van der Waals surface area contributed by atoms with Gasteiger partial charge in [0, 0.05) is 5.41 Å². The molecule has 0 saturated heterocycles. The average Bonchev–Trinajstić information content (AvgIpc) is 2.03. The predicted octanol–water partition coefficient (Wildman–Crippen LogP) is 2.92. The third-order valence-electron chi connectivity index (χ3n) is 2.51. The number of hydrogen-bond donors (Lipinski definition) is 1. The molecule has 2 unspecified atom stereocenters. The van der Waals surface area contributed by atoms with Gasteiger partial charge in [0.05, 0.1) is 6.10 Å². The Morgan fingerprint density at radius 1 is 1.58 bits per heavy atom. The van der Waals surface area contributed by atoms with Crippen LogP contribution in [0.2, 0.25) is 0 Å². The Labute approximate surface area is 75.8 Å². The summed E-state index contributed by atoms with van der Waals surface area (Å²) in [6, 6.07) is 0. The van der Waals surface area contributed by atoms with E-state index < -0.39 is 0 Å². The fourth-order valence-electron chi connectivity index (χ4n) is 1.54. The van der Waals surface area contributed by atoms with Gasteiger partial charge in [-0.05, 0) is 26.7 Å². The summed E-state index contributed by atoms with van der Waals surface area (Å²) in [5.74, 6) is 0. The second-order valence-corrected chi connectivity index (χ2v) is 3.26. The summed E-state index contributed by atoms with van der Waals surface area (Å²) in [5.41, 5.74) is -0.101. The summed E-state index contributed by atoms with van der Waals surface area (Å²) < 4.78 is 0. The van der Waals surface area contributed by atoms with E-state index in [4.69, 9.17) is 0 Å². The van der Waals surface area contributed by atoms with Crippen LogP contribution in [0.5, 0.6) is 0 Å². The van der Waals surface area contributed by atoms with Crippen LogP contribution >= 0.6 is 0 Å². The second kappa shape index (κ2) is 5.15. The highest BCUT2D eigenvalue weighted by atomic mass is 16.3. The molecule has 70 valence electrons. The maximum absolute atomic E-state index is 9.63. The zero-order valence-corrected chi connectivity index (χ0v) is 8.38. The smallest absolute Gasteiger partial charge is 0.0605 e. The first kappa shape index (κ1) is 11.4. The molecule has 0 spiro atoms. The van der Waals surface area contributed by atoms with Gasteiger partial charge in [-0.2, -0.15) is 0 Å². The molecule has 0 aliphatic heterocycles. The van der Waals surface area contributed by atoms with Gasteiger partial charge in [-0.25, -0.2) is 0 Å². The van der Waals surface area contributed by atoms with Crippen LogP contribution in [-0.4, -0.2) is 11.2 Å². The Morgan fingerprint density at radius 3 is 2.42 bits per heavy atom. The summed E-state index contributed by atoms with van der Waals surface area (Å²) in [4.78, 5) is 0. The Kier molecular flexibility index (Phi) is 4.91. The Morgan fingerprint density at radius 2 is 2.17 bits per heavy atom. The van der Waals surface area contributed by atoms with E-state index in [2.05, 4.69) is 19.6 Å². The Balaban J connectivity index is 4.61. The minimum atomic E-state index is -0.309. The van der Waals surface area contributed by atoms with Crippen molar-refractivity contribution in [3.63, 3.8) is 0 Å². The highest BCUT2D eigenvalue weighted by molar-refractivity contribution is 5.04. The van der Waals surface area contributed by atoms with Crippen molar-refractivity contribution < 1.29 is 5.11 Å². The number of hydrogen-bond acceptors (Lipinski definition) is 1. The molecule has 0 radical (unpaired) electrons. The van der Waals surface area contributed by atoms with E-state index in [-0.39, 0.29) is 11.5 Å². The van der Waals surface area contributed by atoms with Crippen LogP contribution in [0.1, 0.15) is 33.6 Å². The van der Waals surface area contributed by atoms with E-state index >= 15 is 0 Å². The lowest BCUT2D eigenvalue weighted by molar-refractivity contribution is 0.0731. The van der Waals surface area contributed by atoms with E-state index in [1.54, 1.807) is 0 Å². The molecule has 0 aromatic heterocycles. The normalized spacial score (nSPS) is 19.0. The molecule has 12 heavy (non-hydrogen) atoms. The van der Waals surface area contributed by atoms with Gasteiger partial charge in [0.15, 0.2) is 0 Å². The molecule has 0 aromatic rings. The largest absolute Gasteiger partial charge is 0.393 e. The molecular formula is C11H20O. The van der Waals surface area contributed by atoms with Gasteiger partial charge in [-0.15, -0.1) is 6.58 Å². The molecular weight excluding hydrogens is 148 g/mol. The van der Waals surface area contributed by atoms with Crippen molar-refractivity contribution >= 4 is 0 Å². The predicted molar refractivity (Wildman–Crippen MR) is 54.0 cm³/mol. The Bertz CT molecular complexity index is 158. The summed E-state index contributed by atoms with van der Waals surface area (Å²) in [6.45, 7) is 9.63. The van der Waals surface area contributed by atoms with E-state index in [1.807, 2.05) is 26.0 Å². The van der Waals surface area contributed by atoms with Gasteiger partial charge in [0.1, 0.15) is 0 Å². The number of allylic oxidation sites excluding steroid dienone is 2. The Hall–Kier alpha value is -0.560. The molecule has 1 heteroatoms. The van der Waals surface area contributed by atoms with E-state index in [1.165, 1.54) is 0 Å². The SMILES string of the molecule is C=CCC(/C=C/C)(CC)C(C)O. The fraction of sp³-hybridized carbons (Fsp3) is 0.636. The minimum absolute atomic E-state index is 0.101. The maximum Gasteiger partial charge on any atom is 0.0605 e. The number of aliphatic hydroxyl groups excluding tert-OH is 1. The highest BCUT2D eigenvalue weighted by Crippen LogP contribution is 2.32. The molecule has 0 amide bonds. The third-order valence-corrected chi connectivity index (χ3v) is 2.51. The number of aliphatic hydroxyl groups is 1. The molecule has 0 saturated carbocycles. The first-order valence-electron chi connectivity index (χ1n) is 4.55. The summed E-state index contributed by atoms with van der Waals surface area (Å²) in [5, 5.41) is 9.63. The lowest BCUT2D eigenvalue weighted by atomic mass is 9.77.